The lowest BCUT2D eigenvalue weighted by Crippen LogP contribution is -2.54. The van der Waals surface area contributed by atoms with Gasteiger partial charge in [0.1, 0.15) is 47.9 Å². The van der Waals surface area contributed by atoms with Gasteiger partial charge in [-0.05, 0) is 80.3 Å². The summed E-state index contributed by atoms with van der Waals surface area (Å²) in [4.78, 5) is 95.3. The highest BCUT2D eigenvalue weighted by Gasteiger charge is 2.52. The third-order valence-electron chi connectivity index (χ3n) is 14.8. The zero-order valence-electron chi connectivity index (χ0n) is 39.3. The third-order valence-corrected chi connectivity index (χ3v) is 14.8. The highest BCUT2D eigenvalue weighted by atomic mass is 19.1. The Morgan fingerprint density at radius 3 is 2.56 bits per heavy atom. The standard InChI is InChI=1S/C52H48F2N10O9/c1-3-33-38(53)9-4-27-16-32(65)18-36(42(27)33)44-43(54)45-37(20-56-44)46(62-22-29-5-6-30(23-62)57-29)61-50(60-45)73-25-52-14-12-31(63(52)21-26(2)19-52)24-72-51(71)55-15-13-41(67)58-28-7-8-34-35(17-28)49(70)64(48(34)69)39-10-11-40(66)59-47(39)68/h1,4,7-9,16-18,20,29-31,39,57,65H,2,5-6,10-15,19,21-25H2,(H,55,71)(H,58,67)(H,59,66,68)/t29?,30?,31-,39?,52-/m0/s1. The van der Waals surface area contributed by atoms with E-state index in [1.165, 1.54) is 48.7 Å². The first-order valence-electron chi connectivity index (χ1n) is 24.1. The van der Waals surface area contributed by atoms with Crippen LogP contribution in [0.1, 0.15) is 77.6 Å². The predicted octanol–water partition coefficient (Wildman–Crippen LogP) is 4.45. The van der Waals surface area contributed by atoms with E-state index in [1.807, 2.05) is 0 Å². The van der Waals surface area contributed by atoms with Crippen LogP contribution in [0, 0.1) is 24.0 Å². The van der Waals surface area contributed by atoms with E-state index in [-0.39, 0.29) is 113 Å². The number of alkyl carbamates (subject to hydrolysis) is 1. The molecule has 8 heterocycles. The Morgan fingerprint density at radius 1 is 0.986 bits per heavy atom. The summed E-state index contributed by atoms with van der Waals surface area (Å²) in [6, 6.07) is 8.59. The molecule has 19 nitrogen and oxygen atoms in total. The topological polar surface area (TPSA) is 238 Å². The number of anilines is 2. The molecule has 5 aromatic rings. The molecule has 2 aromatic heterocycles. The van der Waals surface area contributed by atoms with Crippen molar-refractivity contribution in [3.05, 3.63) is 89.1 Å². The summed E-state index contributed by atoms with van der Waals surface area (Å²) >= 11 is 0. The van der Waals surface area contributed by atoms with Crippen molar-refractivity contribution in [2.45, 2.75) is 81.1 Å². The second kappa shape index (κ2) is 18.5. The Balaban J connectivity index is 0.747. The summed E-state index contributed by atoms with van der Waals surface area (Å²) in [6.45, 7) is 6.09. The summed E-state index contributed by atoms with van der Waals surface area (Å²) < 4.78 is 44.4. The minimum atomic E-state index is -1.12. The van der Waals surface area contributed by atoms with Crippen molar-refractivity contribution in [3.63, 3.8) is 0 Å². The monoisotopic (exact) mass is 994 g/mol. The molecule has 5 fully saturated rings. The molecule has 0 aliphatic carbocycles. The number of hydrogen-bond acceptors (Lipinski definition) is 15. The number of benzene rings is 3. The number of phenols is 1. The van der Waals surface area contributed by atoms with Crippen molar-refractivity contribution in [1.29, 1.82) is 0 Å². The summed E-state index contributed by atoms with van der Waals surface area (Å²) in [7, 11) is 0. The van der Waals surface area contributed by atoms with E-state index in [1.54, 1.807) is 0 Å². The number of halogens is 2. The van der Waals surface area contributed by atoms with Gasteiger partial charge in [0, 0.05) is 80.0 Å². The maximum Gasteiger partial charge on any atom is 0.407 e. The van der Waals surface area contributed by atoms with Gasteiger partial charge in [-0.2, -0.15) is 9.97 Å². The van der Waals surface area contributed by atoms with Crippen molar-refractivity contribution < 1.29 is 52.1 Å². The number of hydrogen-bond donors (Lipinski definition) is 5. The van der Waals surface area contributed by atoms with Crippen LogP contribution in [0.2, 0.25) is 0 Å². The first-order chi connectivity index (χ1) is 35.2. The summed E-state index contributed by atoms with van der Waals surface area (Å²) in [5.41, 5.74) is 0.429. The number of imide groups is 2. The van der Waals surface area contributed by atoms with Crippen molar-refractivity contribution in [2.24, 2.45) is 0 Å². The molecule has 3 unspecified atom stereocenters. The van der Waals surface area contributed by atoms with Crippen molar-refractivity contribution >= 4 is 68.8 Å². The van der Waals surface area contributed by atoms with E-state index >= 15 is 8.78 Å². The largest absolute Gasteiger partial charge is 0.508 e. The number of amides is 6. The molecule has 2 bridgehead atoms. The van der Waals surface area contributed by atoms with Crippen LogP contribution in [0.15, 0.2) is 60.8 Å². The van der Waals surface area contributed by atoms with Gasteiger partial charge in [0.15, 0.2) is 5.82 Å². The van der Waals surface area contributed by atoms with Crippen LogP contribution in [-0.2, 0) is 19.1 Å². The molecule has 0 saturated carbocycles. The molecule has 3 aromatic carbocycles. The van der Waals surface area contributed by atoms with Gasteiger partial charge in [0.2, 0.25) is 17.7 Å². The van der Waals surface area contributed by atoms with Gasteiger partial charge >= 0.3 is 12.1 Å². The molecule has 5 saturated heterocycles. The number of aromatic hydroxyl groups is 1. The van der Waals surface area contributed by atoms with Crippen molar-refractivity contribution in [1.82, 2.24) is 40.7 Å². The number of piperazine rings is 1. The average Bonchev–Trinajstić information content (AvgIpc) is 4.06. The Bertz CT molecular complexity index is 3280. The molecule has 11 rings (SSSR count). The summed E-state index contributed by atoms with van der Waals surface area (Å²) in [6.07, 6.45) is 10.2. The first kappa shape index (κ1) is 47.2. The second-order valence-electron chi connectivity index (χ2n) is 19.5. The molecule has 0 spiro atoms. The summed E-state index contributed by atoms with van der Waals surface area (Å²) in [5, 5.41) is 22.7. The van der Waals surface area contributed by atoms with Crippen LogP contribution in [-0.4, -0.2) is 135 Å². The Labute approximate surface area is 415 Å². The van der Waals surface area contributed by atoms with Crippen molar-refractivity contribution in [3.8, 4) is 35.4 Å². The molecular formula is C52H48F2N10O9. The number of carbonyl (C=O) groups is 6. The number of terminal acetylenes is 1. The van der Waals surface area contributed by atoms with Crippen LogP contribution in [0.3, 0.4) is 0 Å². The van der Waals surface area contributed by atoms with Crippen LogP contribution >= 0.6 is 0 Å². The highest BCUT2D eigenvalue weighted by Crippen LogP contribution is 2.45. The SMILES string of the molecule is C#Cc1c(F)ccc2cc(O)cc(-c3ncc4c(N5CC6CCC(C5)N6)nc(OC[C@@]56CC[C@@H](COC(=O)NCCC(=O)Nc7ccc8c(c7)C(=O)N(C7CCC(=O)NC7=O)C8=O)N5CC(=C)C6)nc4c3F)c12. The number of aromatic nitrogens is 3. The molecule has 5 N–H and O–H groups in total. The van der Waals surface area contributed by atoms with E-state index in [0.717, 1.165) is 23.3 Å². The number of pyridine rings is 1. The van der Waals surface area contributed by atoms with Gasteiger partial charge in [-0.25, -0.2) is 13.6 Å². The van der Waals surface area contributed by atoms with E-state index in [4.69, 9.17) is 20.9 Å². The lowest BCUT2D eigenvalue weighted by molar-refractivity contribution is -0.136. The number of fused-ring (bicyclic) bond motifs is 6. The van der Waals surface area contributed by atoms with Crippen molar-refractivity contribution in [2.75, 3.05) is 49.6 Å². The number of rotatable bonds is 12. The molecule has 0 radical (unpaired) electrons. The number of carbonyl (C=O) groups excluding carboxylic acids is 6. The number of nitrogens with zero attached hydrogens (tertiary/aromatic N) is 6. The number of nitrogens with one attached hydrogen (secondary N) is 4. The van der Waals surface area contributed by atoms with Gasteiger partial charge in [0.25, 0.3) is 11.8 Å². The fourth-order valence-electron chi connectivity index (χ4n) is 11.5. The van der Waals surface area contributed by atoms with Gasteiger partial charge in [-0.3, -0.25) is 44.1 Å². The fourth-order valence-corrected chi connectivity index (χ4v) is 11.5. The van der Waals surface area contributed by atoms with E-state index in [2.05, 4.69) is 53.5 Å². The quantitative estimate of drug-likeness (QED) is 0.0660. The van der Waals surface area contributed by atoms with Crippen LogP contribution in [0.4, 0.5) is 25.1 Å². The smallest absolute Gasteiger partial charge is 0.407 e. The Kier molecular flexibility index (Phi) is 12.0. The van der Waals surface area contributed by atoms with Gasteiger partial charge in [0.05, 0.1) is 27.6 Å². The molecule has 21 heteroatoms. The predicted molar refractivity (Wildman–Crippen MR) is 259 cm³/mol. The fraction of sp³-hybridized carbons (Fsp3) is 0.365. The number of phenolic OH excluding ortho intramolecular Hbond substituents is 1. The molecule has 6 aliphatic rings. The molecule has 6 amide bonds. The molecular weight excluding hydrogens is 947 g/mol. The average molecular weight is 995 g/mol. The first-order valence-corrected chi connectivity index (χ1v) is 24.1. The van der Waals surface area contributed by atoms with Gasteiger partial charge in [-0.15, -0.1) is 6.42 Å². The van der Waals surface area contributed by atoms with E-state index < -0.39 is 58.8 Å². The molecule has 6 aliphatic heterocycles. The van der Waals surface area contributed by atoms with Gasteiger partial charge < -0.3 is 35.4 Å². The van der Waals surface area contributed by atoms with Gasteiger partial charge in [-0.1, -0.05) is 24.1 Å². The second-order valence-corrected chi connectivity index (χ2v) is 19.5. The third kappa shape index (κ3) is 8.59. The minimum Gasteiger partial charge on any atom is -0.508 e. The zero-order valence-corrected chi connectivity index (χ0v) is 39.3. The van der Waals surface area contributed by atoms with Crippen LogP contribution in [0.5, 0.6) is 11.8 Å². The molecule has 5 atom stereocenters. The molecule has 374 valence electrons. The van der Waals surface area contributed by atoms with E-state index in [0.29, 0.717) is 55.5 Å². The maximum atomic E-state index is 17.2. The number of piperidine rings is 1. The van der Waals surface area contributed by atoms with Crippen LogP contribution < -0.4 is 30.9 Å². The number of ether oxygens (including phenoxy) is 2. The Hall–Kier alpha value is -8.09. The normalized spacial score (nSPS) is 23.4. The Morgan fingerprint density at radius 2 is 1.78 bits per heavy atom. The van der Waals surface area contributed by atoms with E-state index in [9.17, 15) is 33.9 Å². The lowest BCUT2D eigenvalue weighted by Gasteiger charge is -2.35. The van der Waals surface area contributed by atoms with Crippen LogP contribution in [0.25, 0.3) is 32.9 Å². The zero-order chi connectivity index (χ0) is 50.9. The minimum absolute atomic E-state index is 0.00973. The lowest BCUT2D eigenvalue weighted by atomic mass is 9.94. The molecule has 73 heavy (non-hydrogen) atoms. The summed E-state index contributed by atoms with van der Waals surface area (Å²) in [5.74, 6) is -1.95. The highest BCUT2D eigenvalue weighted by molar-refractivity contribution is 6.24. The maximum absolute atomic E-state index is 17.2.